The number of aromatic nitrogens is 1. The van der Waals surface area contributed by atoms with E-state index in [-0.39, 0.29) is 36.3 Å². The number of halogens is 5. The van der Waals surface area contributed by atoms with E-state index in [1.807, 2.05) is 0 Å². The standard InChI is InChI=1S/C24H24ClF4N5O4/c1-34(23(35)31-10-15-5-3-7-18(27)22(15)25)17(11-30-12-20(28)29)13-37-24(36)32-21-9-19(33-38-21)14-4-2-6-16(26)8-14/h2-9,17,20,30H,10-13H2,1H3,(H,31,35)(H,32,36)/t17-/m1/s1. The molecule has 2 aromatic carbocycles. The lowest BCUT2D eigenvalue weighted by atomic mass is 10.1. The number of nitrogens with one attached hydrogen (secondary N) is 3. The Morgan fingerprint density at radius 2 is 1.89 bits per heavy atom. The maximum atomic E-state index is 13.6. The Balaban J connectivity index is 1.57. The summed E-state index contributed by atoms with van der Waals surface area (Å²) in [6.45, 7) is -1.25. The number of urea groups is 1. The Kier molecular flexibility index (Phi) is 10.3. The first kappa shape index (κ1) is 28.7. The number of alkyl halides is 2. The third-order valence-electron chi connectivity index (χ3n) is 5.27. The number of likely N-dealkylation sites (N-methyl/N-ethyl adjacent to an activating group) is 1. The van der Waals surface area contributed by atoms with Crippen LogP contribution in [0.25, 0.3) is 11.3 Å². The fourth-order valence-electron chi connectivity index (χ4n) is 3.24. The number of ether oxygens (including phenoxy) is 1. The van der Waals surface area contributed by atoms with Gasteiger partial charge in [-0.1, -0.05) is 41.0 Å². The Bertz CT molecular complexity index is 1250. The van der Waals surface area contributed by atoms with Crippen LogP contribution < -0.4 is 16.0 Å². The van der Waals surface area contributed by atoms with Gasteiger partial charge in [0.25, 0.3) is 6.43 Å². The molecular weight excluding hydrogens is 534 g/mol. The van der Waals surface area contributed by atoms with Crippen LogP contribution in [0.15, 0.2) is 53.1 Å². The van der Waals surface area contributed by atoms with Crippen LogP contribution in [-0.2, 0) is 11.3 Å². The summed E-state index contributed by atoms with van der Waals surface area (Å²) in [5.74, 6) is -1.20. The van der Waals surface area contributed by atoms with Gasteiger partial charge in [0.2, 0.25) is 5.88 Å². The zero-order valence-electron chi connectivity index (χ0n) is 20.0. The smallest absolute Gasteiger partial charge is 0.414 e. The lowest BCUT2D eigenvalue weighted by Crippen LogP contribution is -2.50. The van der Waals surface area contributed by atoms with Crippen molar-refractivity contribution in [1.29, 1.82) is 0 Å². The quantitative estimate of drug-likeness (QED) is 0.290. The van der Waals surface area contributed by atoms with Crippen molar-refractivity contribution in [2.24, 2.45) is 0 Å². The summed E-state index contributed by atoms with van der Waals surface area (Å²) in [5, 5.41) is 11.0. The van der Waals surface area contributed by atoms with E-state index in [1.54, 1.807) is 6.07 Å². The fraction of sp³-hybridized carbons (Fsp3) is 0.292. The number of carbonyl (C=O) groups excluding carboxylic acids is 2. The number of anilines is 1. The summed E-state index contributed by atoms with van der Waals surface area (Å²) in [5.41, 5.74) is 1.03. The molecule has 0 saturated carbocycles. The molecule has 1 heterocycles. The van der Waals surface area contributed by atoms with E-state index in [2.05, 4.69) is 21.1 Å². The largest absolute Gasteiger partial charge is 0.447 e. The molecule has 0 unspecified atom stereocenters. The zero-order chi connectivity index (χ0) is 27.7. The van der Waals surface area contributed by atoms with Crippen LogP contribution in [0.3, 0.4) is 0 Å². The average molecular weight is 558 g/mol. The highest BCUT2D eigenvalue weighted by atomic mass is 35.5. The molecule has 1 atom stereocenters. The van der Waals surface area contributed by atoms with E-state index >= 15 is 0 Å². The second kappa shape index (κ2) is 13.6. The molecule has 3 amide bonds. The highest BCUT2D eigenvalue weighted by Gasteiger charge is 2.23. The molecule has 38 heavy (non-hydrogen) atoms. The third-order valence-corrected chi connectivity index (χ3v) is 5.69. The van der Waals surface area contributed by atoms with Gasteiger partial charge >= 0.3 is 12.1 Å². The van der Waals surface area contributed by atoms with Crippen molar-refractivity contribution in [2.75, 3.05) is 32.1 Å². The molecule has 9 nitrogen and oxygen atoms in total. The number of rotatable bonds is 11. The average Bonchev–Trinajstić information content (AvgIpc) is 3.34. The minimum Gasteiger partial charge on any atom is -0.447 e. The number of amides is 3. The summed E-state index contributed by atoms with van der Waals surface area (Å²) in [6, 6.07) is 9.58. The number of hydrogen-bond donors (Lipinski definition) is 3. The number of carbonyl (C=O) groups is 2. The topological polar surface area (TPSA) is 109 Å². The van der Waals surface area contributed by atoms with Gasteiger partial charge in [0, 0.05) is 31.8 Å². The molecule has 0 aliphatic rings. The van der Waals surface area contributed by atoms with Gasteiger partial charge in [-0.15, -0.1) is 0 Å². The van der Waals surface area contributed by atoms with Crippen molar-refractivity contribution in [3.8, 4) is 11.3 Å². The van der Waals surface area contributed by atoms with E-state index in [0.29, 0.717) is 11.1 Å². The van der Waals surface area contributed by atoms with Crippen LogP contribution in [0, 0.1) is 11.6 Å². The molecule has 204 valence electrons. The van der Waals surface area contributed by atoms with Crippen LogP contribution in [0.4, 0.5) is 33.0 Å². The van der Waals surface area contributed by atoms with Gasteiger partial charge in [0.1, 0.15) is 23.9 Å². The van der Waals surface area contributed by atoms with E-state index in [0.717, 1.165) is 4.90 Å². The van der Waals surface area contributed by atoms with Gasteiger partial charge in [-0.3, -0.25) is 5.32 Å². The van der Waals surface area contributed by atoms with Gasteiger partial charge in [-0.2, -0.15) is 0 Å². The van der Waals surface area contributed by atoms with Gasteiger partial charge in [-0.25, -0.2) is 27.2 Å². The van der Waals surface area contributed by atoms with Crippen molar-refractivity contribution in [2.45, 2.75) is 19.0 Å². The van der Waals surface area contributed by atoms with Crippen LogP contribution >= 0.6 is 11.6 Å². The van der Waals surface area contributed by atoms with Crippen LogP contribution in [0.5, 0.6) is 0 Å². The molecule has 0 saturated heterocycles. The summed E-state index contributed by atoms with van der Waals surface area (Å²) >= 11 is 5.90. The Labute approximate surface area is 220 Å². The number of hydrogen-bond acceptors (Lipinski definition) is 6. The maximum Gasteiger partial charge on any atom is 0.414 e. The van der Waals surface area contributed by atoms with Crippen molar-refractivity contribution < 1.29 is 36.4 Å². The van der Waals surface area contributed by atoms with Gasteiger partial charge in [0.15, 0.2) is 0 Å². The Morgan fingerprint density at radius 3 is 2.63 bits per heavy atom. The normalized spacial score (nSPS) is 11.8. The third kappa shape index (κ3) is 8.35. The number of nitrogens with zero attached hydrogens (tertiary/aromatic N) is 2. The summed E-state index contributed by atoms with van der Waals surface area (Å²) < 4.78 is 62.4. The molecule has 0 radical (unpaired) electrons. The monoisotopic (exact) mass is 557 g/mol. The predicted octanol–water partition coefficient (Wildman–Crippen LogP) is 4.89. The Hall–Kier alpha value is -3.84. The van der Waals surface area contributed by atoms with Crippen molar-refractivity contribution >= 4 is 29.6 Å². The second-order valence-electron chi connectivity index (χ2n) is 8.00. The van der Waals surface area contributed by atoms with Crippen LogP contribution in [0.1, 0.15) is 5.56 Å². The minimum absolute atomic E-state index is 0.0836. The molecule has 3 rings (SSSR count). The summed E-state index contributed by atoms with van der Waals surface area (Å²) in [4.78, 5) is 26.1. The van der Waals surface area contributed by atoms with Crippen molar-refractivity contribution in [3.63, 3.8) is 0 Å². The molecule has 0 aliphatic heterocycles. The van der Waals surface area contributed by atoms with Crippen LogP contribution in [-0.4, -0.2) is 61.4 Å². The number of benzene rings is 2. The van der Waals surface area contributed by atoms with Gasteiger partial charge in [-0.05, 0) is 23.8 Å². The summed E-state index contributed by atoms with van der Waals surface area (Å²) in [7, 11) is 1.38. The molecule has 1 aromatic heterocycles. The minimum atomic E-state index is -2.63. The molecule has 3 N–H and O–H groups in total. The first-order valence-corrected chi connectivity index (χ1v) is 11.6. The lowest BCUT2D eigenvalue weighted by molar-refractivity contribution is 0.109. The fourth-order valence-corrected chi connectivity index (χ4v) is 3.43. The highest BCUT2D eigenvalue weighted by molar-refractivity contribution is 6.31. The van der Waals surface area contributed by atoms with Crippen LogP contribution in [0.2, 0.25) is 5.02 Å². The van der Waals surface area contributed by atoms with E-state index in [4.69, 9.17) is 20.9 Å². The molecule has 14 heteroatoms. The first-order valence-electron chi connectivity index (χ1n) is 11.2. The molecular formula is C24H24ClF4N5O4. The van der Waals surface area contributed by atoms with Gasteiger partial charge in [0.05, 0.1) is 17.6 Å². The van der Waals surface area contributed by atoms with E-state index in [1.165, 1.54) is 49.5 Å². The summed E-state index contributed by atoms with van der Waals surface area (Å²) in [6.07, 6.45) is -3.60. The van der Waals surface area contributed by atoms with Crippen molar-refractivity contribution in [1.82, 2.24) is 20.7 Å². The molecule has 3 aromatic rings. The first-order chi connectivity index (χ1) is 18.1. The molecule has 0 bridgehead atoms. The molecule has 0 aliphatic carbocycles. The lowest BCUT2D eigenvalue weighted by Gasteiger charge is -2.28. The van der Waals surface area contributed by atoms with E-state index < -0.39 is 42.8 Å². The molecule has 0 spiro atoms. The SMILES string of the molecule is CN(C(=O)NCc1cccc(F)c1Cl)[C@H](CNCC(F)F)COC(=O)Nc1cc(-c2cccc(F)c2)no1. The molecule has 0 fully saturated rings. The second-order valence-corrected chi connectivity index (χ2v) is 8.37. The predicted molar refractivity (Wildman–Crippen MR) is 131 cm³/mol. The maximum absolute atomic E-state index is 13.6. The zero-order valence-corrected chi connectivity index (χ0v) is 20.8. The Morgan fingerprint density at radius 1 is 1.13 bits per heavy atom. The highest BCUT2D eigenvalue weighted by Crippen LogP contribution is 2.22. The van der Waals surface area contributed by atoms with E-state index in [9.17, 15) is 27.2 Å². The van der Waals surface area contributed by atoms with Crippen molar-refractivity contribution in [3.05, 3.63) is 70.8 Å². The van der Waals surface area contributed by atoms with Gasteiger partial charge < -0.3 is 24.8 Å².